The van der Waals surface area contributed by atoms with E-state index in [1.807, 2.05) is 0 Å². The third-order valence-electron chi connectivity index (χ3n) is 3.28. The fraction of sp³-hybridized carbons (Fsp3) is 0.333. The second kappa shape index (κ2) is 5.53. The molecule has 1 saturated heterocycles. The van der Waals surface area contributed by atoms with Gasteiger partial charge in [0.05, 0.1) is 0 Å². The molecule has 1 aromatic carbocycles. The van der Waals surface area contributed by atoms with Crippen molar-refractivity contribution in [1.29, 1.82) is 0 Å². The molecule has 1 N–H and O–H groups in total. The van der Waals surface area contributed by atoms with Crippen molar-refractivity contribution in [3.8, 4) is 5.69 Å². The van der Waals surface area contributed by atoms with Crippen LogP contribution in [0.5, 0.6) is 0 Å². The molecule has 1 atom stereocenters. The molecule has 3 heteroatoms. The van der Waals surface area contributed by atoms with Gasteiger partial charge in [0.1, 0.15) is 0 Å². The minimum Gasteiger partial charge on any atom is -0.381 e. The molecule has 0 spiro atoms. The zero-order chi connectivity index (χ0) is 12.2. The van der Waals surface area contributed by atoms with E-state index in [1.54, 1.807) is 0 Å². The Labute approximate surface area is 112 Å². The number of anilines is 1. The molecule has 1 fully saturated rings. The van der Waals surface area contributed by atoms with Gasteiger partial charge in [-0.15, -0.1) is 0 Å². The van der Waals surface area contributed by atoms with Gasteiger partial charge in [-0.3, -0.25) is 0 Å². The molecule has 3 rings (SSSR count). The summed E-state index contributed by atoms with van der Waals surface area (Å²) in [6.45, 7) is 0. The van der Waals surface area contributed by atoms with E-state index in [0.29, 0.717) is 6.04 Å². The first-order chi connectivity index (χ1) is 8.92. The van der Waals surface area contributed by atoms with E-state index in [9.17, 15) is 0 Å². The standard InChI is InChI=1S/C15H18N2S/c1-2-9-17(8-1)15-7-3-5-13(11-15)16-14-6-4-10-18-12-14/h1-3,5,7-9,11,14,16H,4,6,10,12H2. The van der Waals surface area contributed by atoms with Crippen LogP contribution >= 0.6 is 11.8 Å². The minimum absolute atomic E-state index is 0.628. The van der Waals surface area contributed by atoms with Gasteiger partial charge in [-0.2, -0.15) is 11.8 Å². The summed E-state index contributed by atoms with van der Waals surface area (Å²) in [4.78, 5) is 0. The molecular formula is C15H18N2S. The van der Waals surface area contributed by atoms with E-state index in [2.05, 4.69) is 70.4 Å². The van der Waals surface area contributed by atoms with Crippen LogP contribution in [0.2, 0.25) is 0 Å². The normalized spacial score (nSPS) is 19.7. The van der Waals surface area contributed by atoms with E-state index in [-0.39, 0.29) is 0 Å². The molecule has 1 unspecified atom stereocenters. The smallest absolute Gasteiger partial charge is 0.0469 e. The number of hydrogen-bond acceptors (Lipinski definition) is 2. The molecule has 2 nitrogen and oxygen atoms in total. The number of aromatic nitrogens is 1. The minimum atomic E-state index is 0.628. The number of nitrogens with zero attached hydrogens (tertiary/aromatic N) is 1. The monoisotopic (exact) mass is 258 g/mol. The Bertz CT molecular complexity index is 487. The molecule has 1 aromatic heterocycles. The number of benzene rings is 1. The lowest BCUT2D eigenvalue weighted by molar-refractivity contribution is 0.685. The Kier molecular flexibility index (Phi) is 3.60. The van der Waals surface area contributed by atoms with Crippen LogP contribution in [-0.2, 0) is 0 Å². The first-order valence-corrected chi connectivity index (χ1v) is 7.65. The van der Waals surface area contributed by atoms with Crippen molar-refractivity contribution < 1.29 is 0 Å². The summed E-state index contributed by atoms with van der Waals surface area (Å²) in [5.41, 5.74) is 2.45. The fourth-order valence-electron chi connectivity index (χ4n) is 2.35. The Balaban J connectivity index is 1.74. The van der Waals surface area contributed by atoms with Gasteiger partial charge in [-0.25, -0.2) is 0 Å². The summed E-state index contributed by atoms with van der Waals surface area (Å²) < 4.78 is 2.14. The van der Waals surface area contributed by atoms with Gasteiger partial charge in [0.2, 0.25) is 0 Å². The van der Waals surface area contributed by atoms with Gasteiger partial charge in [0.25, 0.3) is 0 Å². The lowest BCUT2D eigenvalue weighted by atomic mass is 10.1. The summed E-state index contributed by atoms with van der Waals surface area (Å²) in [6, 6.07) is 13.4. The molecular weight excluding hydrogens is 240 g/mol. The number of hydrogen-bond donors (Lipinski definition) is 1. The molecule has 1 aliphatic heterocycles. The van der Waals surface area contributed by atoms with Gasteiger partial charge in [0, 0.05) is 35.6 Å². The zero-order valence-electron chi connectivity index (χ0n) is 10.4. The maximum absolute atomic E-state index is 3.65. The van der Waals surface area contributed by atoms with Crippen molar-refractivity contribution >= 4 is 17.4 Å². The summed E-state index contributed by atoms with van der Waals surface area (Å²) in [5.74, 6) is 2.55. The van der Waals surface area contributed by atoms with Crippen molar-refractivity contribution in [2.24, 2.45) is 0 Å². The summed E-state index contributed by atoms with van der Waals surface area (Å²) in [7, 11) is 0. The number of nitrogens with one attached hydrogen (secondary N) is 1. The number of rotatable bonds is 3. The second-order valence-electron chi connectivity index (χ2n) is 4.70. The third-order valence-corrected chi connectivity index (χ3v) is 4.50. The Morgan fingerprint density at radius 1 is 1.17 bits per heavy atom. The first-order valence-electron chi connectivity index (χ1n) is 6.49. The molecule has 0 saturated carbocycles. The van der Waals surface area contributed by atoms with Crippen LogP contribution in [0.4, 0.5) is 5.69 Å². The Hall–Kier alpha value is -1.35. The molecule has 0 amide bonds. The highest BCUT2D eigenvalue weighted by Gasteiger charge is 2.13. The predicted molar refractivity (Wildman–Crippen MR) is 79.7 cm³/mol. The van der Waals surface area contributed by atoms with Gasteiger partial charge >= 0.3 is 0 Å². The fourth-order valence-corrected chi connectivity index (χ4v) is 3.43. The van der Waals surface area contributed by atoms with E-state index in [4.69, 9.17) is 0 Å². The van der Waals surface area contributed by atoms with Crippen molar-refractivity contribution in [1.82, 2.24) is 4.57 Å². The average molecular weight is 258 g/mol. The maximum Gasteiger partial charge on any atom is 0.0469 e. The van der Waals surface area contributed by atoms with Crippen LogP contribution in [0.3, 0.4) is 0 Å². The highest BCUT2D eigenvalue weighted by Crippen LogP contribution is 2.22. The molecule has 94 valence electrons. The topological polar surface area (TPSA) is 17.0 Å². The Morgan fingerprint density at radius 3 is 2.83 bits per heavy atom. The van der Waals surface area contributed by atoms with Crippen LogP contribution in [0.25, 0.3) is 5.69 Å². The molecule has 1 aliphatic rings. The van der Waals surface area contributed by atoms with Crippen LogP contribution in [-0.4, -0.2) is 22.1 Å². The zero-order valence-corrected chi connectivity index (χ0v) is 11.2. The summed E-state index contributed by atoms with van der Waals surface area (Å²) in [6.07, 6.45) is 6.78. The molecule has 0 radical (unpaired) electrons. The SMILES string of the molecule is c1cc(NC2CCCSC2)cc(-n2cccc2)c1. The Morgan fingerprint density at radius 2 is 2.06 bits per heavy atom. The maximum atomic E-state index is 3.65. The first kappa shape index (κ1) is 11.7. The molecule has 18 heavy (non-hydrogen) atoms. The van der Waals surface area contributed by atoms with Crippen molar-refractivity contribution in [3.05, 3.63) is 48.8 Å². The lowest BCUT2D eigenvalue weighted by Gasteiger charge is -2.23. The molecule has 0 aliphatic carbocycles. The van der Waals surface area contributed by atoms with Crippen LogP contribution < -0.4 is 5.32 Å². The van der Waals surface area contributed by atoms with Crippen molar-refractivity contribution in [2.45, 2.75) is 18.9 Å². The van der Waals surface area contributed by atoms with Crippen molar-refractivity contribution in [2.75, 3.05) is 16.8 Å². The highest BCUT2D eigenvalue weighted by molar-refractivity contribution is 7.99. The summed E-state index contributed by atoms with van der Waals surface area (Å²) >= 11 is 2.06. The lowest BCUT2D eigenvalue weighted by Crippen LogP contribution is -2.25. The molecule has 0 bridgehead atoms. The third kappa shape index (κ3) is 2.72. The molecule has 2 aromatic rings. The van der Waals surface area contributed by atoms with Crippen LogP contribution in [0, 0.1) is 0 Å². The highest BCUT2D eigenvalue weighted by atomic mass is 32.2. The average Bonchev–Trinajstić information content (AvgIpc) is 2.94. The molecule has 2 heterocycles. The van der Waals surface area contributed by atoms with E-state index < -0.39 is 0 Å². The largest absolute Gasteiger partial charge is 0.381 e. The van der Waals surface area contributed by atoms with Gasteiger partial charge in [0.15, 0.2) is 0 Å². The van der Waals surface area contributed by atoms with Gasteiger partial charge in [-0.05, 0) is 48.9 Å². The van der Waals surface area contributed by atoms with Gasteiger partial charge in [-0.1, -0.05) is 6.07 Å². The van der Waals surface area contributed by atoms with E-state index in [0.717, 1.165) is 0 Å². The number of thioether (sulfide) groups is 1. The second-order valence-corrected chi connectivity index (χ2v) is 5.85. The summed E-state index contributed by atoms with van der Waals surface area (Å²) in [5, 5.41) is 3.65. The quantitative estimate of drug-likeness (QED) is 0.902. The van der Waals surface area contributed by atoms with Crippen LogP contribution in [0.15, 0.2) is 48.8 Å². The van der Waals surface area contributed by atoms with Gasteiger partial charge < -0.3 is 9.88 Å². The predicted octanol–water partition coefficient (Wildman–Crippen LogP) is 3.78. The van der Waals surface area contributed by atoms with Crippen LogP contribution in [0.1, 0.15) is 12.8 Å². The van der Waals surface area contributed by atoms with E-state index >= 15 is 0 Å². The van der Waals surface area contributed by atoms with Crippen molar-refractivity contribution in [3.63, 3.8) is 0 Å². The van der Waals surface area contributed by atoms with E-state index in [1.165, 1.54) is 35.7 Å².